The zero-order chi connectivity index (χ0) is 12.7. The quantitative estimate of drug-likeness (QED) is 0.755. The Kier molecular flexibility index (Phi) is 6.19. The molecule has 2 unspecified atom stereocenters. The molecule has 2 N–H and O–H groups in total. The molecule has 2 atom stereocenters. The first-order chi connectivity index (χ1) is 8.19. The van der Waals surface area contributed by atoms with Crippen LogP contribution < -0.4 is 5.32 Å². The maximum atomic E-state index is 9.09. The molecule has 3 nitrogen and oxygen atoms in total. The van der Waals surface area contributed by atoms with Gasteiger partial charge in [0.25, 0.3) is 0 Å². The van der Waals surface area contributed by atoms with E-state index in [0.717, 1.165) is 13.0 Å². The number of likely N-dealkylation sites (N-methyl/N-ethyl adjacent to an activating group) is 1. The summed E-state index contributed by atoms with van der Waals surface area (Å²) in [6.07, 6.45) is 1.04. The van der Waals surface area contributed by atoms with Crippen LogP contribution in [-0.4, -0.2) is 43.3 Å². The molecule has 0 fully saturated rings. The Hall–Kier alpha value is -0.900. The van der Waals surface area contributed by atoms with Crippen molar-refractivity contribution in [3.8, 4) is 0 Å². The minimum absolute atomic E-state index is 0.214. The monoisotopic (exact) mass is 236 g/mol. The summed E-state index contributed by atoms with van der Waals surface area (Å²) in [4.78, 5) is 2.19. The van der Waals surface area contributed by atoms with E-state index < -0.39 is 0 Å². The molecule has 96 valence electrons. The molecular weight excluding hydrogens is 212 g/mol. The largest absolute Gasteiger partial charge is 0.395 e. The first-order valence-corrected chi connectivity index (χ1v) is 6.22. The fraction of sp³-hybridized carbons (Fsp3) is 0.571. The average Bonchev–Trinajstić information content (AvgIpc) is 2.39. The van der Waals surface area contributed by atoms with Gasteiger partial charge in [0.1, 0.15) is 0 Å². The summed E-state index contributed by atoms with van der Waals surface area (Å²) in [5.41, 5.74) is 1.32. The molecule has 0 aliphatic carbocycles. The average molecular weight is 236 g/mol. The lowest BCUT2D eigenvalue weighted by Crippen LogP contribution is -2.34. The van der Waals surface area contributed by atoms with Gasteiger partial charge < -0.3 is 15.3 Å². The topological polar surface area (TPSA) is 35.5 Å². The van der Waals surface area contributed by atoms with Crippen LogP contribution in [0.1, 0.15) is 24.9 Å². The fourth-order valence-corrected chi connectivity index (χ4v) is 1.86. The predicted molar refractivity (Wildman–Crippen MR) is 72.0 cm³/mol. The van der Waals surface area contributed by atoms with Crippen molar-refractivity contribution in [2.75, 3.05) is 27.2 Å². The Morgan fingerprint density at radius 3 is 2.47 bits per heavy atom. The molecule has 17 heavy (non-hydrogen) atoms. The van der Waals surface area contributed by atoms with Gasteiger partial charge in [-0.25, -0.2) is 0 Å². The third-order valence-electron chi connectivity index (χ3n) is 3.34. The molecule has 0 saturated heterocycles. The Morgan fingerprint density at radius 2 is 1.94 bits per heavy atom. The van der Waals surface area contributed by atoms with Crippen molar-refractivity contribution in [2.45, 2.75) is 25.4 Å². The molecule has 0 aliphatic heterocycles. The lowest BCUT2D eigenvalue weighted by Gasteiger charge is -2.25. The predicted octanol–water partition coefficient (Wildman–Crippen LogP) is 1.65. The smallest absolute Gasteiger partial charge is 0.0584 e. The molecule has 0 radical (unpaired) electrons. The van der Waals surface area contributed by atoms with Gasteiger partial charge in [0.05, 0.1) is 6.61 Å². The summed E-state index contributed by atoms with van der Waals surface area (Å²) in [6, 6.07) is 11.1. The first kappa shape index (κ1) is 14.2. The van der Waals surface area contributed by atoms with Gasteiger partial charge in [0.2, 0.25) is 0 Å². The van der Waals surface area contributed by atoms with E-state index in [2.05, 4.69) is 41.5 Å². The van der Waals surface area contributed by atoms with E-state index in [9.17, 15) is 0 Å². The summed E-state index contributed by atoms with van der Waals surface area (Å²) in [6.45, 7) is 3.23. The van der Waals surface area contributed by atoms with Gasteiger partial charge in [0, 0.05) is 18.6 Å². The molecule has 1 aromatic rings. The molecular formula is C14H24N2O. The highest BCUT2D eigenvalue weighted by Crippen LogP contribution is 2.16. The van der Waals surface area contributed by atoms with Crippen molar-refractivity contribution in [3.63, 3.8) is 0 Å². The van der Waals surface area contributed by atoms with Crippen LogP contribution in [0.25, 0.3) is 0 Å². The van der Waals surface area contributed by atoms with Crippen LogP contribution in [-0.2, 0) is 0 Å². The standard InChI is InChI=1S/C14H24N2O/c1-12(11-17)16(3)10-9-14(15-2)13-7-5-4-6-8-13/h4-8,12,14-15,17H,9-11H2,1-3H3. The number of aliphatic hydroxyl groups excluding tert-OH is 1. The highest BCUT2D eigenvalue weighted by Gasteiger charge is 2.12. The maximum absolute atomic E-state index is 9.09. The van der Waals surface area contributed by atoms with E-state index in [1.165, 1.54) is 5.56 Å². The SMILES string of the molecule is CNC(CCN(C)C(C)CO)c1ccccc1. The van der Waals surface area contributed by atoms with Crippen molar-refractivity contribution in [1.82, 2.24) is 10.2 Å². The van der Waals surface area contributed by atoms with Crippen LogP contribution >= 0.6 is 0 Å². The Bertz CT molecular complexity index is 302. The highest BCUT2D eigenvalue weighted by molar-refractivity contribution is 5.18. The van der Waals surface area contributed by atoms with E-state index >= 15 is 0 Å². The molecule has 3 heteroatoms. The van der Waals surface area contributed by atoms with E-state index in [4.69, 9.17) is 5.11 Å². The Labute approximate surface area is 104 Å². The molecule has 0 heterocycles. The second kappa shape index (κ2) is 7.43. The normalized spacial score (nSPS) is 14.9. The summed E-state index contributed by atoms with van der Waals surface area (Å²) >= 11 is 0. The minimum atomic E-state index is 0.214. The van der Waals surface area contributed by atoms with Crippen LogP contribution in [0.3, 0.4) is 0 Å². The fourth-order valence-electron chi connectivity index (χ4n) is 1.86. The highest BCUT2D eigenvalue weighted by atomic mass is 16.3. The van der Waals surface area contributed by atoms with Crippen LogP contribution in [0, 0.1) is 0 Å². The number of aliphatic hydroxyl groups is 1. The maximum Gasteiger partial charge on any atom is 0.0584 e. The second-order valence-corrected chi connectivity index (χ2v) is 4.55. The third-order valence-corrected chi connectivity index (χ3v) is 3.34. The molecule has 1 aromatic carbocycles. The molecule has 0 bridgehead atoms. The lowest BCUT2D eigenvalue weighted by atomic mass is 10.0. The Morgan fingerprint density at radius 1 is 1.29 bits per heavy atom. The van der Waals surface area contributed by atoms with Gasteiger partial charge in [-0.05, 0) is 33.0 Å². The zero-order valence-electron chi connectivity index (χ0n) is 11.1. The minimum Gasteiger partial charge on any atom is -0.395 e. The summed E-state index contributed by atoms with van der Waals surface area (Å²) in [7, 11) is 4.05. The van der Waals surface area contributed by atoms with Crippen LogP contribution in [0.4, 0.5) is 0 Å². The van der Waals surface area contributed by atoms with Crippen molar-refractivity contribution in [3.05, 3.63) is 35.9 Å². The van der Waals surface area contributed by atoms with Crippen molar-refractivity contribution in [2.24, 2.45) is 0 Å². The first-order valence-electron chi connectivity index (χ1n) is 6.22. The number of hydrogen-bond acceptors (Lipinski definition) is 3. The zero-order valence-corrected chi connectivity index (χ0v) is 11.1. The summed E-state index contributed by atoms with van der Waals surface area (Å²) < 4.78 is 0. The number of nitrogens with zero attached hydrogens (tertiary/aromatic N) is 1. The number of nitrogens with one attached hydrogen (secondary N) is 1. The third kappa shape index (κ3) is 4.46. The van der Waals surface area contributed by atoms with Gasteiger partial charge in [-0.15, -0.1) is 0 Å². The van der Waals surface area contributed by atoms with Crippen molar-refractivity contribution < 1.29 is 5.11 Å². The van der Waals surface area contributed by atoms with Gasteiger partial charge in [-0.2, -0.15) is 0 Å². The second-order valence-electron chi connectivity index (χ2n) is 4.55. The number of hydrogen-bond donors (Lipinski definition) is 2. The van der Waals surface area contributed by atoms with Crippen molar-refractivity contribution >= 4 is 0 Å². The molecule has 0 saturated carbocycles. The van der Waals surface area contributed by atoms with Crippen molar-refractivity contribution in [1.29, 1.82) is 0 Å². The van der Waals surface area contributed by atoms with E-state index in [1.807, 2.05) is 20.0 Å². The molecule has 0 spiro atoms. The molecule has 0 aliphatic rings. The van der Waals surface area contributed by atoms with Crippen LogP contribution in [0.15, 0.2) is 30.3 Å². The van der Waals surface area contributed by atoms with Gasteiger partial charge in [0.15, 0.2) is 0 Å². The summed E-state index contributed by atoms with van der Waals surface area (Å²) in [5, 5.41) is 12.4. The number of benzene rings is 1. The summed E-state index contributed by atoms with van der Waals surface area (Å²) in [5.74, 6) is 0. The Balaban J connectivity index is 2.48. The van der Waals surface area contributed by atoms with E-state index in [-0.39, 0.29) is 12.6 Å². The van der Waals surface area contributed by atoms with Gasteiger partial charge in [-0.3, -0.25) is 0 Å². The molecule has 1 rings (SSSR count). The number of rotatable bonds is 7. The van der Waals surface area contributed by atoms with E-state index in [1.54, 1.807) is 0 Å². The van der Waals surface area contributed by atoms with E-state index in [0.29, 0.717) is 6.04 Å². The van der Waals surface area contributed by atoms with Gasteiger partial charge >= 0.3 is 0 Å². The molecule has 0 amide bonds. The van der Waals surface area contributed by atoms with Gasteiger partial charge in [-0.1, -0.05) is 30.3 Å². The van der Waals surface area contributed by atoms with Crippen LogP contribution in [0.2, 0.25) is 0 Å². The molecule has 0 aromatic heterocycles. The van der Waals surface area contributed by atoms with Crippen LogP contribution in [0.5, 0.6) is 0 Å². The lowest BCUT2D eigenvalue weighted by molar-refractivity contribution is 0.154.